The first-order valence-corrected chi connectivity index (χ1v) is 9.22. The number of aromatic nitrogens is 1. The molecular weight excluding hydrogens is 357 g/mol. The SMILES string of the molecule is CCOC(=O)C=Cc1c(-c2ccc(F)cc2)c2ccccc2c(=O)n1C(C)C. The Kier molecular flexibility index (Phi) is 5.73. The molecule has 28 heavy (non-hydrogen) atoms. The molecule has 3 rings (SSSR count). The fraction of sp³-hybridized carbons (Fsp3) is 0.217. The van der Waals surface area contributed by atoms with Crippen molar-refractivity contribution in [2.45, 2.75) is 26.8 Å². The zero-order valence-corrected chi connectivity index (χ0v) is 16.1. The molecule has 0 saturated heterocycles. The van der Waals surface area contributed by atoms with E-state index in [2.05, 4.69) is 0 Å². The lowest BCUT2D eigenvalue weighted by Gasteiger charge is -2.20. The second-order valence-corrected chi connectivity index (χ2v) is 6.67. The van der Waals surface area contributed by atoms with Crippen molar-refractivity contribution in [2.24, 2.45) is 0 Å². The first kappa shape index (κ1) is 19.5. The molecule has 3 aromatic rings. The molecule has 0 N–H and O–H groups in total. The number of ether oxygens (including phenoxy) is 1. The summed E-state index contributed by atoms with van der Waals surface area (Å²) in [4.78, 5) is 25.0. The van der Waals surface area contributed by atoms with Crippen LogP contribution in [0.5, 0.6) is 0 Å². The molecule has 0 bridgehead atoms. The molecule has 0 saturated carbocycles. The summed E-state index contributed by atoms with van der Waals surface area (Å²) < 4.78 is 20.1. The third-order valence-corrected chi connectivity index (χ3v) is 4.47. The third kappa shape index (κ3) is 3.74. The van der Waals surface area contributed by atoms with Crippen molar-refractivity contribution in [1.82, 2.24) is 4.57 Å². The van der Waals surface area contributed by atoms with E-state index in [4.69, 9.17) is 4.74 Å². The number of hydrogen-bond donors (Lipinski definition) is 0. The van der Waals surface area contributed by atoms with E-state index in [0.717, 1.165) is 16.5 Å². The topological polar surface area (TPSA) is 48.3 Å². The molecule has 1 aromatic heterocycles. The van der Waals surface area contributed by atoms with Crippen molar-refractivity contribution in [3.63, 3.8) is 0 Å². The molecule has 0 aliphatic rings. The van der Waals surface area contributed by atoms with Gasteiger partial charge < -0.3 is 9.30 Å². The summed E-state index contributed by atoms with van der Waals surface area (Å²) in [7, 11) is 0. The highest BCUT2D eigenvalue weighted by Gasteiger charge is 2.18. The Labute approximate surface area is 162 Å². The maximum absolute atomic E-state index is 13.5. The first-order chi connectivity index (χ1) is 13.4. The van der Waals surface area contributed by atoms with Crippen LogP contribution in [0.4, 0.5) is 4.39 Å². The standard InChI is InChI=1S/C23H22FNO3/c1-4-28-21(26)14-13-20-22(16-9-11-17(24)12-10-16)18-7-5-6-8-19(18)23(27)25(20)15(2)3/h5-15H,4H2,1-3H3. The van der Waals surface area contributed by atoms with Gasteiger partial charge in [0.15, 0.2) is 0 Å². The van der Waals surface area contributed by atoms with Gasteiger partial charge in [-0.05, 0) is 56.0 Å². The number of esters is 1. The van der Waals surface area contributed by atoms with Gasteiger partial charge in [0.25, 0.3) is 5.56 Å². The predicted molar refractivity (Wildman–Crippen MR) is 110 cm³/mol. The van der Waals surface area contributed by atoms with Crippen LogP contribution < -0.4 is 5.56 Å². The Balaban J connectivity index is 2.41. The van der Waals surface area contributed by atoms with Crippen LogP contribution in [-0.4, -0.2) is 17.1 Å². The lowest BCUT2D eigenvalue weighted by molar-refractivity contribution is -0.137. The molecule has 0 radical (unpaired) electrons. The molecule has 0 spiro atoms. The lowest BCUT2D eigenvalue weighted by atomic mass is 9.96. The summed E-state index contributed by atoms with van der Waals surface area (Å²) >= 11 is 0. The van der Waals surface area contributed by atoms with Gasteiger partial charge in [0, 0.05) is 23.1 Å². The van der Waals surface area contributed by atoms with Crippen molar-refractivity contribution in [1.29, 1.82) is 0 Å². The van der Waals surface area contributed by atoms with E-state index in [1.165, 1.54) is 18.2 Å². The van der Waals surface area contributed by atoms with Crippen molar-refractivity contribution in [3.8, 4) is 11.1 Å². The number of benzene rings is 2. The quantitative estimate of drug-likeness (QED) is 0.465. The van der Waals surface area contributed by atoms with Gasteiger partial charge in [0.2, 0.25) is 0 Å². The molecule has 0 aliphatic carbocycles. The number of carbonyl (C=O) groups is 1. The molecule has 144 valence electrons. The molecule has 0 atom stereocenters. The number of hydrogen-bond acceptors (Lipinski definition) is 3. The molecule has 2 aromatic carbocycles. The normalized spacial score (nSPS) is 11.5. The van der Waals surface area contributed by atoms with Gasteiger partial charge in [-0.25, -0.2) is 9.18 Å². The molecule has 0 amide bonds. The van der Waals surface area contributed by atoms with Gasteiger partial charge in [-0.2, -0.15) is 0 Å². The summed E-state index contributed by atoms with van der Waals surface area (Å²) in [5.74, 6) is -0.822. The Morgan fingerprint density at radius 2 is 1.75 bits per heavy atom. The van der Waals surface area contributed by atoms with Crippen LogP contribution in [-0.2, 0) is 9.53 Å². The van der Waals surface area contributed by atoms with Crippen molar-refractivity contribution in [3.05, 3.63) is 76.5 Å². The molecular formula is C23H22FNO3. The summed E-state index contributed by atoms with van der Waals surface area (Å²) in [5.41, 5.74) is 1.97. The summed E-state index contributed by atoms with van der Waals surface area (Å²) in [6.45, 7) is 5.82. The van der Waals surface area contributed by atoms with Crippen LogP contribution >= 0.6 is 0 Å². The van der Waals surface area contributed by atoms with Gasteiger partial charge in [-0.15, -0.1) is 0 Å². The van der Waals surface area contributed by atoms with E-state index in [9.17, 15) is 14.0 Å². The number of halogens is 1. The van der Waals surface area contributed by atoms with Gasteiger partial charge in [-0.1, -0.05) is 30.3 Å². The smallest absolute Gasteiger partial charge is 0.330 e. The monoisotopic (exact) mass is 379 g/mol. The second-order valence-electron chi connectivity index (χ2n) is 6.67. The zero-order valence-electron chi connectivity index (χ0n) is 16.1. The van der Waals surface area contributed by atoms with Gasteiger partial charge in [0.1, 0.15) is 5.82 Å². The first-order valence-electron chi connectivity index (χ1n) is 9.22. The van der Waals surface area contributed by atoms with E-state index in [1.54, 1.807) is 35.8 Å². The van der Waals surface area contributed by atoms with E-state index in [1.807, 2.05) is 32.0 Å². The summed E-state index contributed by atoms with van der Waals surface area (Å²) in [6, 6.07) is 13.3. The minimum Gasteiger partial charge on any atom is -0.463 e. The van der Waals surface area contributed by atoms with Gasteiger partial charge >= 0.3 is 5.97 Å². The van der Waals surface area contributed by atoms with Crippen molar-refractivity contribution in [2.75, 3.05) is 6.61 Å². The molecule has 1 heterocycles. The molecule has 0 aliphatic heterocycles. The molecule has 0 unspecified atom stereocenters. The minimum atomic E-state index is -0.483. The highest BCUT2D eigenvalue weighted by molar-refractivity contribution is 6.00. The van der Waals surface area contributed by atoms with Gasteiger partial charge in [0.05, 0.1) is 12.3 Å². The minimum absolute atomic E-state index is 0.139. The highest BCUT2D eigenvalue weighted by atomic mass is 19.1. The second kappa shape index (κ2) is 8.21. The van der Waals surface area contributed by atoms with Crippen LogP contribution in [0.2, 0.25) is 0 Å². The average molecular weight is 379 g/mol. The fourth-order valence-corrected chi connectivity index (χ4v) is 3.32. The Morgan fingerprint density at radius 3 is 2.36 bits per heavy atom. The van der Waals surface area contributed by atoms with Crippen molar-refractivity contribution >= 4 is 22.8 Å². The summed E-state index contributed by atoms with van der Waals surface area (Å²) in [6.07, 6.45) is 2.92. The van der Waals surface area contributed by atoms with Crippen molar-refractivity contribution < 1.29 is 13.9 Å². The van der Waals surface area contributed by atoms with E-state index in [0.29, 0.717) is 11.1 Å². The van der Waals surface area contributed by atoms with Crippen LogP contribution in [0.1, 0.15) is 32.5 Å². The maximum Gasteiger partial charge on any atom is 0.330 e. The Hall–Kier alpha value is -3.21. The van der Waals surface area contributed by atoms with E-state index < -0.39 is 5.97 Å². The molecule has 5 heteroatoms. The van der Waals surface area contributed by atoms with E-state index >= 15 is 0 Å². The van der Waals surface area contributed by atoms with Crippen LogP contribution in [0.15, 0.2) is 59.4 Å². The number of carbonyl (C=O) groups excluding carboxylic acids is 1. The van der Waals surface area contributed by atoms with Crippen LogP contribution in [0.3, 0.4) is 0 Å². The van der Waals surface area contributed by atoms with E-state index in [-0.39, 0.29) is 24.0 Å². The molecule has 4 nitrogen and oxygen atoms in total. The third-order valence-electron chi connectivity index (χ3n) is 4.47. The zero-order chi connectivity index (χ0) is 20.3. The maximum atomic E-state index is 13.5. The fourth-order valence-electron chi connectivity index (χ4n) is 3.32. The number of nitrogens with zero attached hydrogens (tertiary/aromatic N) is 1. The summed E-state index contributed by atoms with van der Waals surface area (Å²) in [5, 5.41) is 1.32. The highest BCUT2D eigenvalue weighted by Crippen LogP contribution is 2.32. The number of rotatable bonds is 5. The Morgan fingerprint density at radius 1 is 1.11 bits per heavy atom. The number of fused-ring (bicyclic) bond motifs is 1. The Bertz CT molecular complexity index is 1100. The lowest BCUT2D eigenvalue weighted by Crippen LogP contribution is -2.25. The predicted octanol–water partition coefficient (Wildman–Crippen LogP) is 4.96. The molecule has 0 fully saturated rings. The largest absolute Gasteiger partial charge is 0.463 e. The van der Waals surface area contributed by atoms with Crippen LogP contribution in [0.25, 0.3) is 28.0 Å². The average Bonchev–Trinajstić information content (AvgIpc) is 2.67. The van der Waals surface area contributed by atoms with Crippen LogP contribution in [0, 0.1) is 5.82 Å². The number of pyridine rings is 1. The van der Waals surface area contributed by atoms with Gasteiger partial charge in [-0.3, -0.25) is 4.79 Å².